The van der Waals surface area contributed by atoms with Crippen molar-refractivity contribution >= 4 is 27.3 Å². The van der Waals surface area contributed by atoms with Crippen molar-refractivity contribution < 1.29 is 48.8 Å². The zero-order valence-electron chi connectivity index (χ0n) is 18.5. The van der Waals surface area contributed by atoms with Gasteiger partial charge in [-0.3, -0.25) is 25.0 Å². The van der Waals surface area contributed by atoms with Crippen LogP contribution in [0.4, 0.5) is 11.4 Å². The standard InChI is InChI=1S/C12H8IN2O4.C10H16O4S/c16-14(17)11-5-1-3-9(7-11)13-10-4-2-6-12(8-10)15(18)19;1-9(2)7-3-4-10(9,8(11)5-7)6-15(12,13)14/h1-8H;7H,3-6H2,1-2H3,(H,12,13,14)/q+1;/p-1. The van der Waals surface area contributed by atoms with Crippen LogP contribution in [0.3, 0.4) is 0 Å². The second-order valence-electron chi connectivity index (χ2n) is 8.94. The van der Waals surface area contributed by atoms with E-state index in [1.165, 1.54) is 24.3 Å². The van der Waals surface area contributed by atoms with Crippen LogP contribution in [0.5, 0.6) is 0 Å². The molecule has 2 atom stereocenters. The zero-order valence-corrected chi connectivity index (χ0v) is 21.4. The third kappa shape index (κ3) is 5.44. The number of carbonyl (C=O) groups excluding carboxylic acids is 1. The highest BCUT2D eigenvalue weighted by Gasteiger charge is 2.64. The summed E-state index contributed by atoms with van der Waals surface area (Å²) in [5.74, 6) is -0.280. The summed E-state index contributed by atoms with van der Waals surface area (Å²) in [6.45, 7) is 3.83. The van der Waals surface area contributed by atoms with Crippen molar-refractivity contribution in [2.24, 2.45) is 16.7 Å². The number of carbonyl (C=O) groups is 1. The summed E-state index contributed by atoms with van der Waals surface area (Å²) in [4.78, 5) is 32.3. The fourth-order valence-corrected chi connectivity index (χ4v) is 8.56. The number of fused-ring (bicyclic) bond motifs is 2. The fraction of sp³-hybridized carbons (Fsp3) is 0.409. The molecule has 34 heavy (non-hydrogen) atoms. The van der Waals surface area contributed by atoms with Crippen molar-refractivity contribution in [2.75, 3.05) is 5.75 Å². The highest BCUT2D eigenvalue weighted by Crippen LogP contribution is 2.64. The molecule has 4 rings (SSSR count). The molecule has 2 bridgehead atoms. The molecule has 0 radical (unpaired) electrons. The van der Waals surface area contributed by atoms with Gasteiger partial charge in [0, 0.05) is 24.0 Å². The number of nitro benzene ring substituents is 2. The molecule has 10 nitrogen and oxygen atoms in total. The first kappa shape index (κ1) is 26.2. The molecule has 2 unspecified atom stereocenters. The van der Waals surface area contributed by atoms with Gasteiger partial charge >= 0.3 is 21.2 Å². The molecule has 2 aliphatic rings. The van der Waals surface area contributed by atoms with E-state index in [1.54, 1.807) is 24.3 Å². The number of benzene rings is 2. The monoisotopic (exact) mass is 602 g/mol. The highest BCUT2D eigenvalue weighted by molar-refractivity contribution is 7.85. The van der Waals surface area contributed by atoms with E-state index >= 15 is 0 Å². The van der Waals surface area contributed by atoms with Gasteiger partial charge in [0.05, 0.1) is 37.9 Å². The molecule has 0 N–H and O–H groups in total. The minimum absolute atomic E-state index is 0.0248. The summed E-state index contributed by atoms with van der Waals surface area (Å²) in [6.07, 6.45) is 1.88. The number of Topliss-reactive ketones (excluding diaryl/α,β-unsaturated/α-hetero) is 1. The summed E-state index contributed by atoms with van der Waals surface area (Å²) >= 11 is -0.665. The first-order chi connectivity index (χ1) is 15.7. The molecule has 2 saturated carbocycles. The maximum absolute atomic E-state index is 11.8. The van der Waals surface area contributed by atoms with Crippen LogP contribution in [-0.4, -0.2) is 34.4 Å². The van der Waals surface area contributed by atoms with Crippen molar-refractivity contribution in [3.05, 3.63) is 75.9 Å². The topological polar surface area (TPSA) is 161 Å². The Labute approximate surface area is 207 Å². The SMILES string of the molecule is CC1(C)C2CCC1(CS(=O)(=O)[O-])C(=O)C2.O=[N+]([O-])c1cccc([I+]c2cccc([N+](=O)[O-])c2)c1. The van der Waals surface area contributed by atoms with Crippen LogP contribution in [0.2, 0.25) is 0 Å². The van der Waals surface area contributed by atoms with E-state index in [0.717, 1.165) is 13.6 Å². The number of non-ortho nitro benzene ring substituents is 2. The largest absolute Gasteiger partial charge is 0.748 e. The van der Waals surface area contributed by atoms with E-state index < -0.39 is 52.3 Å². The molecule has 2 aliphatic carbocycles. The number of nitro groups is 2. The molecule has 0 spiro atoms. The Kier molecular flexibility index (Phi) is 7.43. The van der Waals surface area contributed by atoms with E-state index in [0.29, 0.717) is 12.8 Å². The van der Waals surface area contributed by atoms with Crippen molar-refractivity contribution in [2.45, 2.75) is 33.1 Å². The van der Waals surface area contributed by atoms with Crippen LogP contribution in [0.25, 0.3) is 0 Å². The average molecular weight is 602 g/mol. The van der Waals surface area contributed by atoms with Crippen molar-refractivity contribution in [3.63, 3.8) is 0 Å². The summed E-state index contributed by atoms with van der Waals surface area (Å²) in [7, 11) is -4.33. The van der Waals surface area contributed by atoms with E-state index in [-0.39, 0.29) is 28.5 Å². The zero-order chi connectivity index (χ0) is 25.3. The third-order valence-electron chi connectivity index (χ3n) is 6.82. The van der Waals surface area contributed by atoms with Crippen LogP contribution >= 0.6 is 0 Å². The lowest BCUT2D eigenvalue weighted by Crippen LogP contribution is -3.61. The van der Waals surface area contributed by atoms with E-state index in [2.05, 4.69) is 0 Å². The van der Waals surface area contributed by atoms with Gasteiger partial charge < -0.3 is 4.55 Å². The lowest BCUT2D eigenvalue weighted by Gasteiger charge is -2.37. The first-order valence-corrected chi connectivity index (χ1v) is 14.1. The van der Waals surface area contributed by atoms with Crippen molar-refractivity contribution in [1.82, 2.24) is 0 Å². The van der Waals surface area contributed by atoms with Gasteiger partial charge in [-0.1, -0.05) is 26.0 Å². The Bertz CT molecular complexity index is 1190. The van der Waals surface area contributed by atoms with Gasteiger partial charge in [0.2, 0.25) is 7.14 Å². The molecular weight excluding hydrogens is 579 g/mol. The molecule has 2 aromatic rings. The van der Waals surface area contributed by atoms with Crippen molar-refractivity contribution in [1.29, 1.82) is 0 Å². The van der Waals surface area contributed by atoms with Crippen LogP contribution in [0.1, 0.15) is 33.1 Å². The molecule has 182 valence electrons. The van der Waals surface area contributed by atoms with Crippen LogP contribution < -0.4 is 21.2 Å². The Hall–Kier alpha value is -2.45. The van der Waals surface area contributed by atoms with Gasteiger partial charge in [0.1, 0.15) is 5.78 Å². The Morgan fingerprint density at radius 2 is 1.50 bits per heavy atom. The maximum atomic E-state index is 11.8. The molecule has 2 fully saturated rings. The number of hydrogen-bond acceptors (Lipinski definition) is 8. The van der Waals surface area contributed by atoms with Gasteiger partial charge in [-0.15, -0.1) is 0 Å². The predicted molar refractivity (Wildman–Crippen MR) is 117 cm³/mol. The third-order valence-corrected chi connectivity index (χ3v) is 10.3. The molecular formula is C22H23IN2O8S. The minimum atomic E-state index is -4.33. The van der Waals surface area contributed by atoms with Gasteiger partial charge in [-0.05, 0) is 36.3 Å². The number of rotatable bonds is 6. The van der Waals surface area contributed by atoms with Crippen molar-refractivity contribution in [3.8, 4) is 0 Å². The fourth-order valence-electron chi connectivity index (χ4n) is 4.83. The second kappa shape index (κ2) is 9.66. The molecule has 12 heteroatoms. The molecule has 0 amide bonds. The summed E-state index contributed by atoms with van der Waals surface area (Å²) in [5, 5.41) is 21.4. The van der Waals surface area contributed by atoms with Gasteiger partial charge in [-0.2, -0.15) is 0 Å². The van der Waals surface area contributed by atoms with Gasteiger partial charge in [-0.25, -0.2) is 8.42 Å². The van der Waals surface area contributed by atoms with Gasteiger partial charge in [0.15, 0.2) is 0 Å². The second-order valence-corrected chi connectivity index (χ2v) is 13.4. The quantitative estimate of drug-likeness (QED) is 0.201. The maximum Gasteiger partial charge on any atom is 0.358 e. The molecule has 0 aromatic heterocycles. The Morgan fingerprint density at radius 1 is 1.00 bits per heavy atom. The van der Waals surface area contributed by atoms with Crippen LogP contribution in [0.15, 0.2) is 48.5 Å². The Balaban J connectivity index is 0.000000196. The van der Waals surface area contributed by atoms with Crippen LogP contribution in [0, 0.1) is 44.1 Å². The number of halogens is 1. The molecule has 0 aliphatic heterocycles. The summed E-state index contributed by atoms with van der Waals surface area (Å²) in [6, 6.07) is 12.8. The molecule has 0 heterocycles. The van der Waals surface area contributed by atoms with E-state index in [4.69, 9.17) is 0 Å². The Morgan fingerprint density at radius 3 is 1.85 bits per heavy atom. The molecule has 0 saturated heterocycles. The predicted octanol–water partition coefficient (Wildman–Crippen LogP) is 0.558. The lowest BCUT2D eigenvalue weighted by atomic mass is 9.70. The minimum Gasteiger partial charge on any atom is -0.748 e. The van der Waals surface area contributed by atoms with Gasteiger partial charge in [0.25, 0.3) is 11.4 Å². The van der Waals surface area contributed by atoms with E-state index in [9.17, 15) is 38.0 Å². The average Bonchev–Trinajstić information content (AvgIpc) is 3.07. The van der Waals surface area contributed by atoms with Crippen LogP contribution in [-0.2, 0) is 14.9 Å². The highest BCUT2D eigenvalue weighted by atomic mass is 127. The molecule has 2 aromatic carbocycles. The first-order valence-electron chi connectivity index (χ1n) is 10.4. The number of ketones is 1. The summed E-state index contributed by atoms with van der Waals surface area (Å²) in [5.41, 5.74) is -1.13. The number of nitrogens with zero attached hydrogens (tertiary/aromatic N) is 2. The normalized spacial score (nSPS) is 22.7. The smallest absolute Gasteiger partial charge is 0.358 e. The summed E-state index contributed by atoms with van der Waals surface area (Å²) < 4.78 is 34.4. The number of hydrogen-bond donors (Lipinski definition) is 0. The lowest BCUT2D eigenvalue weighted by molar-refractivity contribution is -0.598. The van der Waals surface area contributed by atoms with E-state index in [1.807, 2.05) is 13.8 Å².